The first-order valence-electron chi connectivity index (χ1n) is 11.7. The number of benzene rings is 2. The molecule has 3 aliphatic carbocycles. The third-order valence-electron chi connectivity index (χ3n) is 7.92. The van der Waals surface area contributed by atoms with Crippen molar-refractivity contribution in [3.8, 4) is 16.9 Å². The highest BCUT2D eigenvalue weighted by molar-refractivity contribution is 6.24. The molecule has 3 aliphatic rings. The van der Waals surface area contributed by atoms with Crippen LogP contribution in [0.15, 0.2) is 59.1 Å². The van der Waals surface area contributed by atoms with E-state index < -0.39 is 57.9 Å². The van der Waals surface area contributed by atoms with Crippen molar-refractivity contribution >= 4 is 17.5 Å². The predicted molar refractivity (Wildman–Crippen MR) is 129 cm³/mol. The van der Waals surface area contributed by atoms with Gasteiger partial charge in [0.15, 0.2) is 11.4 Å². The average Bonchev–Trinajstić information content (AvgIpc) is 2.85. The van der Waals surface area contributed by atoms with Crippen LogP contribution < -0.4 is 11.5 Å². The number of hydrogen-bond acceptors (Lipinski definition) is 8. The van der Waals surface area contributed by atoms with Gasteiger partial charge in [0.2, 0.25) is 5.78 Å². The monoisotopic (exact) mass is 490 g/mol. The number of rotatable bonds is 3. The smallest absolute Gasteiger partial charge is 0.255 e. The van der Waals surface area contributed by atoms with Crippen LogP contribution in [0.25, 0.3) is 11.1 Å². The molecule has 9 heteroatoms. The molecule has 0 bridgehead atoms. The molecule has 8 N–H and O–H groups in total. The van der Waals surface area contributed by atoms with Gasteiger partial charge in [0.25, 0.3) is 5.91 Å². The lowest BCUT2D eigenvalue weighted by atomic mass is 9.57. The summed E-state index contributed by atoms with van der Waals surface area (Å²) in [7, 11) is 0. The lowest BCUT2D eigenvalue weighted by molar-refractivity contribution is -0.147. The highest BCUT2D eigenvalue weighted by Gasteiger charge is 2.61. The summed E-state index contributed by atoms with van der Waals surface area (Å²) in [5.74, 6) is -7.46. The van der Waals surface area contributed by atoms with E-state index in [-0.39, 0.29) is 36.3 Å². The third kappa shape index (κ3) is 2.99. The van der Waals surface area contributed by atoms with Crippen LogP contribution in [0.3, 0.4) is 0 Å². The minimum atomic E-state index is -2.61. The number of phenols is 1. The normalized spacial score (nSPS) is 27.5. The van der Waals surface area contributed by atoms with Crippen molar-refractivity contribution < 1.29 is 34.8 Å². The number of aromatic hydroxyl groups is 1. The molecule has 2 aromatic rings. The van der Waals surface area contributed by atoms with Crippen LogP contribution in [0.1, 0.15) is 34.8 Å². The molecule has 1 unspecified atom stereocenters. The van der Waals surface area contributed by atoms with Crippen molar-refractivity contribution in [3.63, 3.8) is 0 Å². The van der Waals surface area contributed by atoms with Gasteiger partial charge < -0.3 is 31.9 Å². The molecule has 1 amide bonds. The van der Waals surface area contributed by atoms with Crippen LogP contribution in [-0.2, 0) is 22.6 Å². The van der Waals surface area contributed by atoms with E-state index in [9.17, 15) is 34.8 Å². The minimum Gasteiger partial charge on any atom is -0.511 e. The molecule has 2 aromatic carbocycles. The number of aliphatic hydroxyl groups excluding tert-OH is 2. The fraction of sp³-hybridized carbons (Fsp3) is 0.296. The Balaban J connectivity index is 1.75. The van der Waals surface area contributed by atoms with Crippen molar-refractivity contribution in [1.29, 1.82) is 0 Å². The second-order valence-electron chi connectivity index (χ2n) is 9.70. The number of ketones is 2. The van der Waals surface area contributed by atoms with Gasteiger partial charge in [-0.2, -0.15) is 0 Å². The molecule has 0 saturated carbocycles. The van der Waals surface area contributed by atoms with Gasteiger partial charge in [-0.3, -0.25) is 14.4 Å². The Morgan fingerprint density at radius 3 is 2.42 bits per heavy atom. The average molecular weight is 491 g/mol. The van der Waals surface area contributed by atoms with Gasteiger partial charge in [-0.25, -0.2) is 0 Å². The summed E-state index contributed by atoms with van der Waals surface area (Å²) in [6.45, 7) is 1.47. The second kappa shape index (κ2) is 8.04. The Labute approximate surface area is 206 Å². The van der Waals surface area contributed by atoms with E-state index in [1.54, 1.807) is 6.07 Å². The van der Waals surface area contributed by atoms with Crippen LogP contribution in [0.5, 0.6) is 5.75 Å². The van der Waals surface area contributed by atoms with Crippen molar-refractivity contribution in [2.75, 3.05) is 0 Å². The lowest BCUT2D eigenvalue weighted by Gasteiger charge is -2.48. The van der Waals surface area contributed by atoms with Crippen molar-refractivity contribution in [3.05, 3.63) is 75.8 Å². The Kier molecular flexibility index (Phi) is 5.31. The number of aliphatic hydroxyl groups is 3. The Morgan fingerprint density at radius 2 is 1.81 bits per heavy atom. The van der Waals surface area contributed by atoms with Crippen LogP contribution in [0, 0.1) is 17.8 Å². The molecule has 4 atom stereocenters. The Hall–Kier alpha value is -3.95. The molecular formula is C27H26N2O7. The summed E-state index contributed by atoms with van der Waals surface area (Å²) in [5, 5.41) is 44.3. The number of hydrogen-bond donors (Lipinski definition) is 6. The highest BCUT2D eigenvalue weighted by Crippen LogP contribution is 2.54. The number of Topliss-reactive ketones (excluding diaryl/α,β-unsaturated/α-hetero) is 2. The molecule has 0 saturated heterocycles. The molecule has 0 fully saturated rings. The predicted octanol–water partition coefficient (Wildman–Crippen LogP) is 1.95. The maximum atomic E-state index is 13.8. The van der Waals surface area contributed by atoms with Gasteiger partial charge in [-0.15, -0.1) is 0 Å². The van der Waals surface area contributed by atoms with E-state index in [0.717, 1.165) is 5.56 Å². The number of fused-ring (bicyclic) bond motifs is 3. The summed E-state index contributed by atoms with van der Waals surface area (Å²) < 4.78 is 0. The Morgan fingerprint density at radius 1 is 1.14 bits per heavy atom. The summed E-state index contributed by atoms with van der Waals surface area (Å²) in [4.78, 5) is 38.9. The van der Waals surface area contributed by atoms with Gasteiger partial charge in [-0.05, 0) is 41.5 Å². The maximum Gasteiger partial charge on any atom is 0.255 e. The van der Waals surface area contributed by atoms with Crippen molar-refractivity contribution in [2.45, 2.75) is 31.9 Å². The molecule has 36 heavy (non-hydrogen) atoms. The zero-order chi connectivity index (χ0) is 26.1. The standard InChI is InChI=1S/C27H26N2O7/c1-11-17-9-13-7-16-15(12-5-3-2-4-6-12)8-14(10-28)22(31)19(16)23(32)18(13)24(33)27(17,36)25(34)20(21(11)30)26(29)35/h2-6,8,11,13,17,30-31,33,36H,7,9-10,28H2,1H3,(H2,29,35)/t11?,13-,17-,27-/m0/s1. The van der Waals surface area contributed by atoms with E-state index in [1.165, 1.54) is 6.92 Å². The summed E-state index contributed by atoms with van der Waals surface area (Å²) in [5.41, 5.74) is 9.91. The van der Waals surface area contributed by atoms with Gasteiger partial charge in [0, 0.05) is 29.5 Å². The lowest BCUT2D eigenvalue weighted by Crippen LogP contribution is -2.59. The largest absolute Gasteiger partial charge is 0.511 e. The fourth-order valence-electron chi connectivity index (χ4n) is 6.09. The quantitative estimate of drug-likeness (QED) is 0.353. The van der Waals surface area contributed by atoms with Gasteiger partial charge in [0.05, 0.1) is 5.56 Å². The number of primary amides is 1. The first-order valence-corrected chi connectivity index (χ1v) is 11.7. The first-order chi connectivity index (χ1) is 17.0. The summed E-state index contributed by atoms with van der Waals surface area (Å²) in [6, 6.07) is 11.0. The first kappa shape index (κ1) is 23.8. The number of allylic oxidation sites excluding steroid dienone is 2. The van der Waals surface area contributed by atoms with Gasteiger partial charge >= 0.3 is 0 Å². The van der Waals surface area contributed by atoms with Crippen molar-refractivity contribution in [1.82, 2.24) is 0 Å². The van der Waals surface area contributed by atoms with E-state index in [4.69, 9.17) is 11.5 Å². The Bertz CT molecular complexity index is 1410. The minimum absolute atomic E-state index is 0.0403. The van der Waals surface area contributed by atoms with E-state index >= 15 is 0 Å². The molecule has 0 radical (unpaired) electrons. The van der Waals surface area contributed by atoms with Crippen LogP contribution in [0.2, 0.25) is 0 Å². The van der Waals surface area contributed by atoms with E-state index in [2.05, 4.69) is 0 Å². The van der Waals surface area contributed by atoms with Gasteiger partial charge in [0.1, 0.15) is 22.8 Å². The highest BCUT2D eigenvalue weighted by atomic mass is 16.3. The molecule has 0 aromatic heterocycles. The SMILES string of the molecule is CC1C(O)=C(C(N)=O)C(=O)[C@@]2(O)C(O)=C3C(=O)c4c(O)c(CN)cc(-c5ccccc5)c4C[C@H]3C[C@@H]12. The third-order valence-corrected chi connectivity index (χ3v) is 7.92. The summed E-state index contributed by atoms with van der Waals surface area (Å²) >= 11 is 0. The number of carbonyl (C=O) groups is 3. The molecule has 5 rings (SSSR count). The zero-order valence-corrected chi connectivity index (χ0v) is 19.5. The summed E-state index contributed by atoms with van der Waals surface area (Å²) in [6.07, 6.45) is 0.293. The number of amides is 1. The van der Waals surface area contributed by atoms with Crippen molar-refractivity contribution in [2.24, 2.45) is 29.2 Å². The molecule has 0 heterocycles. The van der Waals surface area contributed by atoms with Crippen LogP contribution in [0.4, 0.5) is 0 Å². The maximum absolute atomic E-state index is 13.8. The number of phenolic OH excluding ortho intramolecular Hbond substituents is 1. The zero-order valence-electron chi connectivity index (χ0n) is 19.5. The van der Waals surface area contributed by atoms with Crippen LogP contribution >= 0.6 is 0 Å². The molecular weight excluding hydrogens is 464 g/mol. The molecule has 186 valence electrons. The molecule has 9 nitrogen and oxygen atoms in total. The molecule has 0 aliphatic heterocycles. The topological polar surface area (TPSA) is 184 Å². The number of carbonyl (C=O) groups excluding carboxylic acids is 3. The van der Waals surface area contributed by atoms with Crippen LogP contribution in [-0.4, -0.2) is 43.5 Å². The fourth-order valence-corrected chi connectivity index (χ4v) is 6.09. The molecule has 0 spiro atoms. The second-order valence-corrected chi connectivity index (χ2v) is 9.70. The number of nitrogens with two attached hydrogens (primary N) is 2. The van der Waals surface area contributed by atoms with E-state index in [1.807, 2.05) is 30.3 Å². The van der Waals surface area contributed by atoms with Gasteiger partial charge in [-0.1, -0.05) is 37.3 Å². The van der Waals surface area contributed by atoms with E-state index in [0.29, 0.717) is 16.7 Å².